The number of hydrogen-bond donors (Lipinski definition) is 0. The van der Waals surface area contributed by atoms with Gasteiger partial charge in [0.1, 0.15) is 10.6 Å². The van der Waals surface area contributed by atoms with Gasteiger partial charge in [-0.15, -0.1) is 11.3 Å². The van der Waals surface area contributed by atoms with Crippen LogP contribution in [0.15, 0.2) is 64.5 Å². The molecule has 0 atom stereocenters. The number of rotatable bonds is 5. The molecular weight excluding hydrogens is 431 g/mol. The third kappa shape index (κ3) is 3.72. The first-order valence-corrected chi connectivity index (χ1v) is 12.0. The zero-order chi connectivity index (χ0) is 21.4. The highest BCUT2D eigenvalue weighted by molar-refractivity contribution is 7.99. The molecule has 2 aromatic heterocycles. The van der Waals surface area contributed by atoms with E-state index in [2.05, 4.69) is 0 Å². The molecular formula is C24H19FN2O2S2. The number of aryl methyl sites for hydroxylation is 2. The highest BCUT2D eigenvalue weighted by Gasteiger charge is 2.24. The van der Waals surface area contributed by atoms with Gasteiger partial charge in [0.25, 0.3) is 5.56 Å². The van der Waals surface area contributed by atoms with Crippen LogP contribution in [0.5, 0.6) is 0 Å². The molecule has 1 aliphatic rings. The summed E-state index contributed by atoms with van der Waals surface area (Å²) in [7, 11) is 0. The lowest BCUT2D eigenvalue weighted by atomic mass is 9.97. The van der Waals surface area contributed by atoms with Gasteiger partial charge in [0.2, 0.25) is 0 Å². The maximum absolute atomic E-state index is 14.7. The summed E-state index contributed by atoms with van der Waals surface area (Å²) in [4.78, 5) is 32.9. The molecule has 4 aromatic rings. The van der Waals surface area contributed by atoms with Crippen LogP contribution in [0.3, 0.4) is 0 Å². The van der Waals surface area contributed by atoms with Crippen LogP contribution in [-0.4, -0.2) is 21.1 Å². The molecule has 0 fully saturated rings. The Bertz CT molecular complexity index is 1350. The highest BCUT2D eigenvalue weighted by Crippen LogP contribution is 2.35. The van der Waals surface area contributed by atoms with Crippen molar-refractivity contribution < 1.29 is 9.18 Å². The van der Waals surface area contributed by atoms with E-state index in [0.29, 0.717) is 20.9 Å². The molecule has 0 saturated carbocycles. The van der Waals surface area contributed by atoms with Crippen LogP contribution in [0.4, 0.5) is 4.39 Å². The van der Waals surface area contributed by atoms with E-state index in [1.54, 1.807) is 41.7 Å². The van der Waals surface area contributed by atoms with Crippen molar-refractivity contribution in [1.82, 2.24) is 9.55 Å². The quantitative estimate of drug-likeness (QED) is 0.231. The van der Waals surface area contributed by atoms with Crippen LogP contribution < -0.4 is 5.56 Å². The predicted molar refractivity (Wildman–Crippen MR) is 123 cm³/mol. The van der Waals surface area contributed by atoms with Crippen molar-refractivity contribution in [2.24, 2.45) is 0 Å². The van der Waals surface area contributed by atoms with Gasteiger partial charge in [0.15, 0.2) is 10.9 Å². The van der Waals surface area contributed by atoms with Crippen molar-refractivity contribution in [2.45, 2.75) is 30.8 Å². The number of thioether (sulfide) groups is 1. The van der Waals surface area contributed by atoms with Gasteiger partial charge in [0, 0.05) is 10.4 Å². The number of benzene rings is 2. The normalized spacial score (nSPS) is 13.3. The molecule has 0 N–H and O–H groups in total. The summed E-state index contributed by atoms with van der Waals surface area (Å²) in [5.41, 5.74) is 1.56. The molecule has 4 nitrogen and oxygen atoms in total. The lowest BCUT2D eigenvalue weighted by Crippen LogP contribution is -2.23. The second-order valence-corrected chi connectivity index (χ2v) is 9.48. The molecule has 5 rings (SSSR count). The number of para-hydroxylation sites is 1. The molecule has 1 aliphatic carbocycles. The van der Waals surface area contributed by atoms with Crippen molar-refractivity contribution in [2.75, 3.05) is 5.75 Å². The molecule has 156 valence electrons. The molecule has 2 aromatic carbocycles. The summed E-state index contributed by atoms with van der Waals surface area (Å²) < 4.78 is 16.0. The number of carbonyl (C=O) groups excluding carboxylic acids is 1. The monoisotopic (exact) mass is 450 g/mol. The molecule has 0 spiro atoms. The summed E-state index contributed by atoms with van der Waals surface area (Å²) in [5.74, 6) is -0.446. The number of hydrogen-bond acceptors (Lipinski definition) is 5. The summed E-state index contributed by atoms with van der Waals surface area (Å²) in [5, 5.41) is 0.937. The minimum Gasteiger partial charge on any atom is -0.293 e. The number of nitrogens with zero attached hydrogens (tertiary/aromatic N) is 2. The second kappa shape index (κ2) is 8.40. The molecule has 31 heavy (non-hydrogen) atoms. The summed E-state index contributed by atoms with van der Waals surface area (Å²) in [6, 6.07) is 15.2. The second-order valence-electron chi connectivity index (χ2n) is 7.46. The molecule has 0 amide bonds. The van der Waals surface area contributed by atoms with Crippen LogP contribution in [0.2, 0.25) is 0 Å². The van der Waals surface area contributed by atoms with E-state index >= 15 is 0 Å². The third-order valence-corrected chi connectivity index (χ3v) is 7.60. The van der Waals surface area contributed by atoms with E-state index in [9.17, 15) is 14.0 Å². The number of ketones is 1. The van der Waals surface area contributed by atoms with Gasteiger partial charge in [-0.3, -0.25) is 14.2 Å². The number of fused-ring (bicyclic) bond motifs is 3. The molecule has 2 heterocycles. The Morgan fingerprint density at radius 3 is 2.61 bits per heavy atom. The predicted octanol–water partition coefficient (Wildman–Crippen LogP) is 5.44. The molecule has 0 saturated heterocycles. The van der Waals surface area contributed by atoms with Crippen molar-refractivity contribution in [3.05, 3.63) is 86.8 Å². The Balaban J connectivity index is 1.64. The van der Waals surface area contributed by atoms with Gasteiger partial charge >= 0.3 is 0 Å². The lowest BCUT2D eigenvalue weighted by molar-refractivity contribution is 0.102. The van der Waals surface area contributed by atoms with E-state index in [0.717, 1.165) is 31.2 Å². The smallest absolute Gasteiger partial charge is 0.267 e. The summed E-state index contributed by atoms with van der Waals surface area (Å²) >= 11 is 2.72. The SMILES string of the molecule is O=C(CSc1nc2sc3c(c2c(=O)n1-c1ccccc1F)CCCC3)c1ccccc1. The van der Waals surface area contributed by atoms with Gasteiger partial charge in [-0.25, -0.2) is 9.37 Å². The minimum atomic E-state index is -0.494. The molecule has 0 unspecified atom stereocenters. The van der Waals surface area contributed by atoms with E-state index in [4.69, 9.17) is 4.98 Å². The van der Waals surface area contributed by atoms with Crippen LogP contribution in [-0.2, 0) is 12.8 Å². The number of thiophene rings is 1. The summed E-state index contributed by atoms with van der Waals surface area (Å²) in [6.45, 7) is 0. The number of Topliss-reactive ketones (excluding diaryl/α,β-unsaturated/α-hetero) is 1. The standard InChI is InChI=1S/C24H19FN2O2S2/c25-17-11-5-6-12-18(17)27-23(29)21-16-10-4-7-13-20(16)31-22(21)26-24(27)30-14-19(28)15-8-2-1-3-9-15/h1-3,5-6,8-9,11-12H,4,7,10,13-14H2. The molecule has 0 bridgehead atoms. The van der Waals surface area contributed by atoms with Crippen LogP contribution >= 0.6 is 23.1 Å². The van der Waals surface area contributed by atoms with Crippen LogP contribution in [0.25, 0.3) is 15.9 Å². The molecule has 0 radical (unpaired) electrons. The van der Waals surface area contributed by atoms with E-state index < -0.39 is 5.82 Å². The van der Waals surface area contributed by atoms with Crippen LogP contribution in [0.1, 0.15) is 33.6 Å². The van der Waals surface area contributed by atoms with Gasteiger partial charge in [0.05, 0.1) is 16.8 Å². The fraction of sp³-hybridized carbons (Fsp3) is 0.208. The Morgan fingerprint density at radius 1 is 1.06 bits per heavy atom. The highest BCUT2D eigenvalue weighted by atomic mass is 32.2. The first-order valence-electron chi connectivity index (χ1n) is 10.2. The number of carbonyl (C=O) groups is 1. The Morgan fingerprint density at radius 2 is 1.81 bits per heavy atom. The number of halogens is 1. The zero-order valence-corrected chi connectivity index (χ0v) is 18.3. The average Bonchev–Trinajstić information content (AvgIpc) is 3.17. The minimum absolute atomic E-state index is 0.0643. The fourth-order valence-corrected chi connectivity index (χ4v) is 6.17. The third-order valence-electron chi connectivity index (χ3n) is 5.48. The maximum Gasteiger partial charge on any atom is 0.267 e. The van der Waals surface area contributed by atoms with Crippen molar-refractivity contribution in [3.8, 4) is 5.69 Å². The van der Waals surface area contributed by atoms with E-state index in [1.807, 2.05) is 18.2 Å². The van der Waals surface area contributed by atoms with Gasteiger partial charge in [-0.1, -0.05) is 54.2 Å². The lowest BCUT2D eigenvalue weighted by Gasteiger charge is -2.14. The van der Waals surface area contributed by atoms with Gasteiger partial charge in [-0.2, -0.15) is 0 Å². The van der Waals surface area contributed by atoms with Crippen LogP contribution in [0, 0.1) is 5.82 Å². The zero-order valence-electron chi connectivity index (χ0n) is 16.6. The molecule has 0 aliphatic heterocycles. The van der Waals surface area contributed by atoms with Gasteiger partial charge in [-0.05, 0) is 43.4 Å². The van der Waals surface area contributed by atoms with E-state index in [-0.39, 0.29) is 22.8 Å². The average molecular weight is 451 g/mol. The first-order chi connectivity index (χ1) is 15.1. The first kappa shape index (κ1) is 20.2. The van der Waals surface area contributed by atoms with Crippen molar-refractivity contribution in [3.63, 3.8) is 0 Å². The van der Waals surface area contributed by atoms with Crippen molar-refractivity contribution in [1.29, 1.82) is 0 Å². The number of aromatic nitrogens is 2. The molecule has 7 heteroatoms. The maximum atomic E-state index is 14.7. The van der Waals surface area contributed by atoms with Gasteiger partial charge < -0.3 is 0 Å². The summed E-state index contributed by atoms with van der Waals surface area (Å²) in [6.07, 6.45) is 3.95. The fourth-order valence-electron chi connectivity index (χ4n) is 3.97. The Kier molecular flexibility index (Phi) is 5.46. The van der Waals surface area contributed by atoms with E-state index in [1.165, 1.54) is 27.3 Å². The Labute approximate surface area is 186 Å². The Hall–Kier alpha value is -2.77. The topological polar surface area (TPSA) is 52.0 Å². The van der Waals surface area contributed by atoms with Crippen molar-refractivity contribution >= 4 is 39.1 Å². The largest absolute Gasteiger partial charge is 0.293 e.